The first kappa shape index (κ1) is 15.5. The van der Waals surface area contributed by atoms with Gasteiger partial charge < -0.3 is 11.1 Å². The fourth-order valence-corrected chi connectivity index (χ4v) is 3.16. The molecule has 1 fully saturated rings. The van der Waals surface area contributed by atoms with E-state index in [-0.39, 0.29) is 10.9 Å². The molecule has 5 heteroatoms. The fraction of sp³-hybridized carbons (Fsp3) is 0.533. The number of halogens is 2. The number of carbonyl (C=O) groups excluding carboxylic acids is 1. The molecule has 0 radical (unpaired) electrons. The molecule has 0 saturated heterocycles. The van der Waals surface area contributed by atoms with Gasteiger partial charge in [-0.2, -0.15) is 0 Å². The minimum atomic E-state index is -0.208. The average molecular weight is 315 g/mol. The number of nitrogens with one attached hydrogen (secondary N) is 1. The maximum absolute atomic E-state index is 12.1. The van der Waals surface area contributed by atoms with E-state index in [9.17, 15) is 4.79 Å². The summed E-state index contributed by atoms with van der Waals surface area (Å²) in [4.78, 5) is 12.1. The average Bonchev–Trinajstić information content (AvgIpc) is 2.44. The maximum atomic E-state index is 12.1. The second-order valence-corrected chi connectivity index (χ2v) is 6.20. The van der Waals surface area contributed by atoms with Crippen LogP contribution in [0.5, 0.6) is 0 Å². The molecule has 1 amide bonds. The zero-order valence-electron chi connectivity index (χ0n) is 11.4. The van der Waals surface area contributed by atoms with Crippen molar-refractivity contribution in [2.45, 2.75) is 38.5 Å². The highest BCUT2D eigenvalue weighted by Crippen LogP contribution is 2.29. The molecule has 3 nitrogen and oxygen atoms in total. The highest BCUT2D eigenvalue weighted by Gasteiger charge is 2.16. The minimum Gasteiger partial charge on any atom is -0.399 e. The van der Waals surface area contributed by atoms with Crippen molar-refractivity contribution >= 4 is 34.8 Å². The van der Waals surface area contributed by atoms with Crippen molar-refractivity contribution in [3.63, 3.8) is 0 Å². The lowest BCUT2D eigenvalue weighted by Gasteiger charge is -2.21. The van der Waals surface area contributed by atoms with Crippen molar-refractivity contribution in [2.75, 3.05) is 12.3 Å². The lowest BCUT2D eigenvalue weighted by Crippen LogP contribution is -2.26. The van der Waals surface area contributed by atoms with Gasteiger partial charge in [0.25, 0.3) is 5.91 Å². The molecule has 1 aromatic carbocycles. The van der Waals surface area contributed by atoms with Gasteiger partial charge in [0.2, 0.25) is 0 Å². The zero-order valence-corrected chi connectivity index (χ0v) is 12.9. The van der Waals surface area contributed by atoms with Gasteiger partial charge in [-0.05, 0) is 24.5 Å². The topological polar surface area (TPSA) is 55.1 Å². The number of carbonyl (C=O) groups is 1. The Hall–Kier alpha value is -0.930. The number of hydrogen-bond acceptors (Lipinski definition) is 2. The Bertz CT molecular complexity index is 485. The molecular weight excluding hydrogens is 295 g/mol. The van der Waals surface area contributed by atoms with Crippen LogP contribution in [0.1, 0.15) is 48.9 Å². The van der Waals surface area contributed by atoms with E-state index in [0.717, 1.165) is 12.3 Å². The molecule has 1 aromatic rings. The smallest absolute Gasteiger partial charge is 0.252 e. The standard InChI is InChI=1S/C15H20Cl2N2O/c16-13-9-11(18)8-12(14(13)17)15(20)19-7-6-10-4-2-1-3-5-10/h8-10H,1-7,18H2,(H,19,20). The van der Waals surface area contributed by atoms with Gasteiger partial charge in [0.15, 0.2) is 0 Å². The molecule has 1 aliphatic rings. The summed E-state index contributed by atoms with van der Waals surface area (Å²) >= 11 is 12.0. The number of nitrogens with two attached hydrogens (primary N) is 1. The van der Waals surface area contributed by atoms with E-state index >= 15 is 0 Å². The lowest BCUT2D eigenvalue weighted by atomic mass is 9.87. The predicted molar refractivity (Wildman–Crippen MR) is 84.4 cm³/mol. The van der Waals surface area contributed by atoms with Gasteiger partial charge in [0.1, 0.15) is 0 Å². The third-order valence-electron chi connectivity index (χ3n) is 3.86. The summed E-state index contributed by atoms with van der Waals surface area (Å²) in [7, 11) is 0. The maximum Gasteiger partial charge on any atom is 0.252 e. The van der Waals surface area contributed by atoms with Crippen LogP contribution in [-0.2, 0) is 0 Å². The molecular formula is C15H20Cl2N2O. The first-order valence-corrected chi connectivity index (χ1v) is 7.86. The molecule has 0 aromatic heterocycles. The normalized spacial score (nSPS) is 16.1. The Morgan fingerprint density at radius 3 is 2.65 bits per heavy atom. The Morgan fingerprint density at radius 1 is 1.25 bits per heavy atom. The van der Waals surface area contributed by atoms with Crippen LogP contribution in [0.3, 0.4) is 0 Å². The number of amides is 1. The molecule has 0 atom stereocenters. The van der Waals surface area contributed by atoms with Gasteiger partial charge in [-0.3, -0.25) is 4.79 Å². The van der Waals surface area contributed by atoms with Gasteiger partial charge in [0, 0.05) is 12.2 Å². The number of anilines is 1. The van der Waals surface area contributed by atoms with Gasteiger partial charge in [-0.25, -0.2) is 0 Å². The van der Waals surface area contributed by atoms with Crippen LogP contribution in [0.4, 0.5) is 5.69 Å². The number of rotatable bonds is 4. The summed E-state index contributed by atoms with van der Waals surface area (Å²) in [5, 5.41) is 3.47. The third-order valence-corrected chi connectivity index (χ3v) is 4.66. The number of hydrogen-bond donors (Lipinski definition) is 2. The SMILES string of the molecule is Nc1cc(Cl)c(Cl)c(C(=O)NCCC2CCCCC2)c1. The van der Waals surface area contributed by atoms with Crippen molar-refractivity contribution in [1.29, 1.82) is 0 Å². The van der Waals surface area contributed by atoms with Gasteiger partial charge in [-0.15, -0.1) is 0 Å². The minimum absolute atomic E-state index is 0.208. The van der Waals surface area contributed by atoms with E-state index in [2.05, 4.69) is 5.32 Å². The van der Waals surface area contributed by atoms with Crippen LogP contribution in [0, 0.1) is 5.92 Å². The summed E-state index contributed by atoms with van der Waals surface area (Å²) in [5.41, 5.74) is 6.48. The van der Waals surface area contributed by atoms with Crippen molar-refractivity contribution in [1.82, 2.24) is 5.32 Å². The van der Waals surface area contributed by atoms with E-state index in [4.69, 9.17) is 28.9 Å². The highest BCUT2D eigenvalue weighted by atomic mass is 35.5. The Kier molecular flexibility index (Phi) is 5.55. The molecule has 0 spiro atoms. The Morgan fingerprint density at radius 2 is 1.95 bits per heavy atom. The molecule has 20 heavy (non-hydrogen) atoms. The monoisotopic (exact) mass is 314 g/mol. The molecule has 2 rings (SSSR count). The number of benzene rings is 1. The second kappa shape index (κ2) is 7.19. The van der Waals surface area contributed by atoms with Crippen LogP contribution in [0.25, 0.3) is 0 Å². The first-order chi connectivity index (χ1) is 9.58. The van der Waals surface area contributed by atoms with Crippen LogP contribution in [-0.4, -0.2) is 12.5 Å². The van der Waals surface area contributed by atoms with Crippen molar-refractivity contribution in [3.05, 3.63) is 27.7 Å². The third kappa shape index (κ3) is 4.03. The summed E-state index contributed by atoms with van der Waals surface area (Å²) in [6.07, 6.45) is 7.56. The summed E-state index contributed by atoms with van der Waals surface area (Å²) < 4.78 is 0. The highest BCUT2D eigenvalue weighted by molar-refractivity contribution is 6.44. The molecule has 1 aliphatic carbocycles. The van der Waals surface area contributed by atoms with E-state index in [1.165, 1.54) is 32.1 Å². The quantitative estimate of drug-likeness (QED) is 0.815. The van der Waals surface area contributed by atoms with Crippen LogP contribution in [0.2, 0.25) is 10.0 Å². The van der Waals surface area contributed by atoms with E-state index < -0.39 is 0 Å². The summed E-state index contributed by atoms with van der Waals surface area (Å²) in [6.45, 7) is 0.673. The second-order valence-electron chi connectivity index (χ2n) is 5.41. The molecule has 0 aliphatic heterocycles. The van der Waals surface area contributed by atoms with Crippen molar-refractivity contribution in [2.24, 2.45) is 5.92 Å². The molecule has 0 heterocycles. The van der Waals surface area contributed by atoms with E-state index in [1.54, 1.807) is 12.1 Å². The summed E-state index contributed by atoms with van der Waals surface area (Å²) in [5.74, 6) is 0.531. The zero-order chi connectivity index (χ0) is 14.5. The molecule has 0 bridgehead atoms. The van der Waals surface area contributed by atoms with Gasteiger partial charge in [-0.1, -0.05) is 55.3 Å². The largest absolute Gasteiger partial charge is 0.399 e. The lowest BCUT2D eigenvalue weighted by molar-refractivity contribution is 0.0950. The van der Waals surface area contributed by atoms with E-state index in [1.807, 2.05) is 0 Å². The van der Waals surface area contributed by atoms with Gasteiger partial charge in [0.05, 0.1) is 15.6 Å². The molecule has 3 N–H and O–H groups in total. The molecule has 1 saturated carbocycles. The van der Waals surface area contributed by atoms with Crippen LogP contribution in [0.15, 0.2) is 12.1 Å². The fourth-order valence-electron chi connectivity index (χ4n) is 2.74. The van der Waals surface area contributed by atoms with Crippen molar-refractivity contribution in [3.8, 4) is 0 Å². The summed E-state index contributed by atoms with van der Waals surface area (Å²) in [6, 6.07) is 3.10. The first-order valence-electron chi connectivity index (χ1n) is 7.10. The van der Waals surface area contributed by atoms with Gasteiger partial charge >= 0.3 is 0 Å². The number of nitrogen functional groups attached to an aromatic ring is 1. The molecule has 110 valence electrons. The van der Waals surface area contributed by atoms with Crippen LogP contribution >= 0.6 is 23.2 Å². The van der Waals surface area contributed by atoms with E-state index in [0.29, 0.717) is 22.8 Å². The Balaban J connectivity index is 1.88. The predicted octanol–water partition coefficient (Wildman–Crippen LogP) is 4.28. The van der Waals surface area contributed by atoms with Crippen LogP contribution < -0.4 is 11.1 Å². The Labute approximate surface area is 129 Å². The molecule has 0 unspecified atom stereocenters. The van der Waals surface area contributed by atoms with Crippen molar-refractivity contribution < 1.29 is 4.79 Å².